The van der Waals surface area contributed by atoms with Crippen LogP contribution in [0.4, 0.5) is 11.4 Å². The van der Waals surface area contributed by atoms with Crippen LogP contribution in [-0.4, -0.2) is 10.8 Å². The van der Waals surface area contributed by atoms with E-state index in [0.29, 0.717) is 14.3 Å². The van der Waals surface area contributed by atoms with E-state index >= 15 is 0 Å². The van der Waals surface area contributed by atoms with Crippen LogP contribution in [-0.2, 0) is 0 Å². The molecular formula is C13H8ClIN2O3. The topological polar surface area (TPSA) is 72.2 Å². The molecule has 2 aromatic carbocycles. The number of hydrogen-bond acceptors (Lipinski definition) is 3. The highest BCUT2D eigenvalue weighted by Crippen LogP contribution is 2.23. The number of non-ortho nitro benzene ring substituents is 1. The van der Waals surface area contributed by atoms with E-state index in [4.69, 9.17) is 11.6 Å². The number of nitro benzene ring substituents is 1. The largest absolute Gasteiger partial charge is 0.321 e. The molecule has 0 fully saturated rings. The van der Waals surface area contributed by atoms with Crippen molar-refractivity contribution in [1.82, 2.24) is 0 Å². The summed E-state index contributed by atoms with van der Waals surface area (Å²) in [6.45, 7) is 0. The van der Waals surface area contributed by atoms with Crippen molar-refractivity contribution in [2.45, 2.75) is 0 Å². The summed E-state index contributed by atoms with van der Waals surface area (Å²) in [6.07, 6.45) is 0. The lowest BCUT2D eigenvalue weighted by Gasteiger charge is -2.07. The van der Waals surface area contributed by atoms with Crippen molar-refractivity contribution in [1.29, 1.82) is 0 Å². The minimum absolute atomic E-state index is 0.124. The highest BCUT2D eigenvalue weighted by molar-refractivity contribution is 14.1. The van der Waals surface area contributed by atoms with Crippen LogP contribution in [0.15, 0.2) is 42.5 Å². The van der Waals surface area contributed by atoms with Crippen LogP contribution in [0.5, 0.6) is 0 Å². The Labute approximate surface area is 133 Å². The van der Waals surface area contributed by atoms with Gasteiger partial charge in [0, 0.05) is 21.3 Å². The summed E-state index contributed by atoms with van der Waals surface area (Å²) in [6, 6.07) is 11.0. The average Bonchev–Trinajstić information content (AvgIpc) is 2.40. The Kier molecular flexibility index (Phi) is 4.56. The molecule has 2 rings (SSSR count). The van der Waals surface area contributed by atoms with Crippen molar-refractivity contribution in [2.75, 3.05) is 5.32 Å². The first-order chi connectivity index (χ1) is 9.47. The second-order valence-corrected chi connectivity index (χ2v) is 5.54. The van der Waals surface area contributed by atoms with Gasteiger partial charge in [0.05, 0.1) is 15.6 Å². The number of nitro groups is 1. The van der Waals surface area contributed by atoms with Gasteiger partial charge in [0.2, 0.25) is 0 Å². The van der Waals surface area contributed by atoms with E-state index in [1.54, 1.807) is 30.3 Å². The summed E-state index contributed by atoms with van der Waals surface area (Å²) in [5.74, 6) is -0.445. The van der Waals surface area contributed by atoms with Crippen molar-refractivity contribution in [2.24, 2.45) is 0 Å². The Morgan fingerprint density at radius 1 is 1.25 bits per heavy atom. The maximum Gasteiger partial charge on any atom is 0.271 e. The summed E-state index contributed by atoms with van der Waals surface area (Å²) in [4.78, 5) is 22.4. The van der Waals surface area contributed by atoms with Gasteiger partial charge >= 0.3 is 0 Å². The zero-order valence-corrected chi connectivity index (χ0v) is 12.9. The lowest BCUT2D eigenvalue weighted by atomic mass is 10.2. The van der Waals surface area contributed by atoms with Crippen LogP contribution in [0.25, 0.3) is 0 Å². The van der Waals surface area contributed by atoms with Gasteiger partial charge in [-0.05, 0) is 40.8 Å². The Morgan fingerprint density at radius 2 is 1.95 bits per heavy atom. The predicted molar refractivity (Wildman–Crippen MR) is 85.2 cm³/mol. The minimum Gasteiger partial charge on any atom is -0.321 e. The lowest BCUT2D eigenvalue weighted by Crippen LogP contribution is -2.12. The van der Waals surface area contributed by atoms with Crippen molar-refractivity contribution < 1.29 is 9.72 Å². The molecule has 7 heteroatoms. The first kappa shape index (κ1) is 14.7. The summed E-state index contributed by atoms with van der Waals surface area (Å²) < 4.78 is 0.612. The zero-order chi connectivity index (χ0) is 14.7. The standard InChI is InChI=1S/C13H8ClIN2O3/c14-11-3-1-2-4-12(11)16-13(18)8-5-9(15)7-10(6-8)17(19)20/h1-7H,(H,16,18). The highest BCUT2D eigenvalue weighted by atomic mass is 127. The molecule has 5 nitrogen and oxygen atoms in total. The molecule has 1 N–H and O–H groups in total. The molecule has 0 unspecified atom stereocenters. The van der Waals surface area contributed by atoms with Crippen LogP contribution in [0, 0.1) is 13.7 Å². The lowest BCUT2D eigenvalue weighted by molar-refractivity contribution is -0.385. The number of nitrogens with one attached hydrogen (secondary N) is 1. The van der Waals surface area contributed by atoms with Crippen LogP contribution in [0.3, 0.4) is 0 Å². The fourth-order valence-electron chi connectivity index (χ4n) is 1.57. The smallest absolute Gasteiger partial charge is 0.271 e. The predicted octanol–water partition coefficient (Wildman–Crippen LogP) is 4.11. The quantitative estimate of drug-likeness (QED) is 0.477. The number of rotatable bonds is 3. The third-order valence-corrected chi connectivity index (χ3v) is 3.43. The molecule has 0 saturated carbocycles. The third kappa shape index (κ3) is 3.45. The number of carbonyl (C=O) groups is 1. The first-order valence-corrected chi connectivity index (χ1v) is 6.94. The molecule has 0 saturated heterocycles. The Hall–Kier alpha value is -1.67. The van der Waals surface area contributed by atoms with E-state index in [2.05, 4.69) is 5.32 Å². The number of para-hydroxylation sites is 1. The highest BCUT2D eigenvalue weighted by Gasteiger charge is 2.14. The van der Waals surface area contributed by atoms with Crippen LogP contribution < -0.4 is 5.32 Å². The van der Waals surface area contributed by atoms with E-state index < -0.39 is 10.8 Å². The van der Waals surface area contributed by atoms with Crippen LogP contribution >= 0.6 is 34.2 Å². The van der Waals surface area contributed by atoms with Crippen LogP contribution in [0.1, 0.15) is 10.4 Å². The van der Waals surface area contributed by atoms with Crippen molar-refractivity contribution in [3.05, 3.63) is 66.7 Å². The Balaban J connectivity index is 2.30. The number of amides is 1. The SMILES string of the molecule is O=C(Nc1ccccc1Cl)c1cc(I)cc([N+](=O)[O-])c1. The Bertz CT molecular complexity index is 691. The zero-order valence-electron chi connectivity index (χ0n) is 9.97. The van der Waals surface area contributed by atoms with Gasteiger partial charge in [-0.2, -0.15) is 0 Å². The summed E-state index contributed by atoms with van der Waals surface area (Å²) >= 11 is 7.87. The number of anilines is 1. The second-order valence-electron chi connectivity index (χ2n) is 3.89. The number of hydrogen-bond donors (Lipinski definition) is 1. The monoisotopic (exact) mass is 402 g/mol. The molecule has 1 amide bonds. The average molecular weight is 403 g/mol. The number of carbonyl (C=O) groups excluding carboxylic acids is 1. The number of nitrogens with zero attached hydrogens (tertiary/aromatic N) is 1. The summed E-state index contributed by atoms with van der Waals surface area (Å²) in [7, 11) is 0. The molecule has 20 heavy (non-hydrogen) atoms. The molecule has 0 aromatic heterocycles. The molecule has 0 radical (unpaired) electrons. The molecule has 0 heterocycles. The van der Waals surface area contributed by atoms with Gasteiger partial charge in [-0.15, -0.1) is 0 Å². The maximum atomic E-state index is 12.1. The minimum atomic E-state index is -0.533. The van der Waals surface area contributed by atoms with Gasteiger partial charge in [-0.3, -0.25) is 14.9 Å². The van der Waals surface area contributed by atoms with Gasteiger partial charge in [0.25, 0.3) is 11.6 Å². The van der Waals surface area contributed by atoms with Gasteiger partial charge in [0.15, 0.2) is 0 Å². The van der Waals surface area contributed by atoms with Crippen LogP contribution in [0.2, 0.25) is 5.02 Å². The van der Waals surface area contributed by atoms with Gasteiger partial charge in [0.1, 0.15) is 0 Å². The second kappa shape index (κ2) is 6.19. The Morgan fingerprint density at radius 3 is 2.60 bits per heavy atom. The van der Waals surface area contributed by atoms with Crippen molar-refractivity contribution >= 4 is 51.5 Å². The van der Waals surface area contributed by atoms with Crippen molar-refractivity contribution in [3.8, 4) is 0 Å². The summed E-state index contributed by atoms with van der Waals surface area (Å²) in [5, 5.41) is 13.8. The molecule has 0 aliphatic carbocycles. The number of benzene rings is 2. The van der Waals surface area contributed by atoms with E-state index in [-0.39, 0.29) is 11.3 Å². The van der Waals surface area contributed by atoms with E-state index in [0.717, 1.165) is 0 Å². The fraction of sp³-hybridized carbons (Fsp3) is 0. The molecule has 102 valence electrons. The molecular weight excluding hydrogens is 395 g/mol. The first-order valence-electron chi connectivity index (χ1n) is 5.48. The molecule has 0 bridgehead atoms. The number of halogens is 2. The van der Waals surface area contributed by atoms with E-state index in [1.807, 2.05) is 22.6 Å². The normalized spacial score (nSPS) is 10.1. The molecule has 2 aromatic rings. The van der Waals surface area contributed by atoms with Gasteiger partial charge in [-0.1, -0.05) is 23.7 Å². The molecule has 0 aliphatic rings. The van der Waals surface area contributed by atoms with Gasteiger partial charge < -0.3 is 5.32 Å². The fourth-order valence-corrected chi connectivity index (χ4v) is 2.41. The van der Waals surface area contributed by atoms with E-state index in [1.165, 1.54) is 12.1 Å². The molecule has 0 aliphatic heterocycles. The molecule has 0 spiro atoms. The van der Waals surface area contributed by atoms with Crippen molar-refractivity contribution in [3.63, 3.8) is 0 Å². The molecule has 0 atom stereocenters. The third-order valence-electron chi connectivity index (χ3n) is 2.48. The maximum absolute atomic E-state index is 12.1. The van der Waals surface area contributed by atoms with E-state index in [9.17, 15) is 14.9 Å². The van der Waals surface area contributed by atoms with Gasteiger partial charge in [-0.25, -0.2) is 0 Å². The summed E-state index contributed by atoms with van der Waals surface area (Å²) in [5.41, 5.74) is 0.547.